The first kappa shape index (κ1) is 16.6. The van der Waals surface area contributed by atoms with Crippen LogP contribution in [-0.2, 0) is 0 Å². The van der Waals surface area contributed by atoms with Gasteiger partial charge in [0.1, 0.15) is 11.6 Å². The molecule has 1 aromatic carbocycles. The van der Waals surface area contributed by atoms with Crippen LogP contribution in [0, 0.1) is 0 Å². The number of rotatable bonds is 4. The fraction of sp³-hybridized carbons (Fsp3) is 0.444. The van der Waals surface area contributed by atoms with Gasteiger partial charge in [0.15, 0.2) is 0 Å². The first-order valence-electron chi connectivity index (χ1n) is 8.71. The zero-order valence-corrected chi connectivity index (χ0v) is 15.9. The van der Waals surface area contributed by atoms with E-state index in [1.54, 1.807) is 0 Å². The van der Waals surface area contributed by atoms with Crippen LogP contribution in [0.3, 0.4) is 0 Å². The molecule has 7 heteroatoms. The van der Waals surface area contributed by atoms with Crippen molar-refractivity contribution >= 4 is 33.5 Å². The third-order valence-electron chi connectivity index (χ3n) is 4.90. The van der Waals surface area contributed by atoms with E-state index in [0.717, 1.165) is 35.7 Å². The van der Waals surface area contributed by atoms with E-state index in [4.69, 9.17) is 5.73 Å². The fourth-order valence-corrected chi connectivity index (χ4v) is 3.84. The van der Waals surface area contributed by atoms with Gasteiger partial charge in [-0.3, -0.25) is 4.90 Å². The van der Waals surface area contributed by atoms with Gasteiger partial charge in [-0.15, -0.1) is 0 Å². The number of hydrogen-bond donors (Lipinski definition) is 2. The van der Waals surface area contributed by atoms with Gasteiger partial charge in [-0.1, -0.05) is 34.1 Å². The molecule has 1 aliphatic heterocycles. The maximum atomic E-state index is 5.95. The third-order valence-corrected chi connectivity index (χ3v) is 5.62. The first-order valence-corrected chi connectivity index (χ1v) is 9.50. The van der Waals surface area contributed by atoms with Crippen LogP contribution in [0.15, 0.2) is 34.8 Å². The van der Waals surface area contributed by atoms with Gasteiger partial charge < -0.3 is 16.0 Å². The third kappa shape index (κ3) is 3.72. The Kier molecular flexibility index (Phi) is 4.52. The van der Waals surface area contributed by atoms with Crippen LogP contribution in [-0.4, -0.2) is 47.6 Å². The molecule has 1 aromatic heterocycles. The molecule has 1 atom stereocenters. The SMILES string of the molecule is CN1CCN(c2cc(NC3CC3)nc(N)n2)CC1c1ccccc1Br. The van der Waals surface area contributed by atoms with E-state index in [2.05, 4.69) is 72.3 Å². The molecule has 1 aliphatic carbocycles. The minimum Gasteiger partial charge on any atom is -0.368 e. The Morgan fingerprint density at radius 1 is 1.20 bits per heavy atom. The number of nitrogens with two attached hydrogens (primary N) is 1. The van der Waals surface area contributed by atoms with Crippen LogP contribution >= 0.6 is 15.9 Å². The second-order valence-electron chi connectivity index (χ2n) is 6.85. The van der Waals surface area contributed by atoms with E-state index in [1.807, 2.05) is 6.07 Å². The van der Waals surface area contributed by atoms with Gasteiger partial charge in [0.2, 0.25) is 5.95 Å². The van der Waals surface area contributed by atoms with Crippen molar-refractivity contribution in [2.45, 2.75) is 24.9 Å². The van der Waals surface area contributed by atoms with Crippen LogP contribution in [0.1, 0.15) is 24.4 Å². The molecular formula is C18H23BrN6. The molecule has 2 aromatic rings. The van der Waals surface area contributed by atoms with Crippen molar-refractivity contribution in [2.75, 3.05) is 42.6 Å². The molecule has 132 valence electrons. The standard InChI is InChI=1S/C18H23BrN6/c1-24-8-9-25(11-15(24)13-4-2-3-5-14(13)19)17-10-16(21-12-6-7-12)22-18(20)23-17/h2-5,10,12,15H,6-9,11H2,1H3,(H3,20,21,22,23). The zero-order valence-electron chi connectivity index (χ0n) is 14.3. The highest BCUT2D eigenvalue weighted by molar-refractivity contribution is 9.10. The Balaban J connectivity index is 1.58. The molecule has 2 heterocycles. The van der Waals surface area contributed by atoms with Crippen molar-refractivity contribution < 1.29 is 0 Å². The van der Waals surface area contributed by atoms with Gasteiger partial charge >= 0.3 is 0 Å². The molecular weight excluding hydrogens is 380 g/mol. The lowest BCUT2D eigenvalue weighted by Crippen LogP contribution is -2.47. The summed E-state index contributed by atoms with van der Waals surface area (Å²) in [6.45, 7) is 2.77. The molecule has 0 spiro atoms. The van der Waals surface area contributed by atoms with E-state index in [-0.39, 0.29) is 0 Å². The van der Waals surface area contributed by atoms with E-state index in [0.29, 0.717) is 18.0 Å². The van der Waals surface area contributed by atoms with Gasteiger partial charge in [0.05, 0.1) is 6.04 Å². The summed E-state index contributed by atoms with van der Waals surface area (Å²) in [5.41, 5.74) is 7.25. The van der Waals surface area contributed by atoms with E-state index < -0.39 is 0 Å². The summed E-state index contributed by atoms with van der Waals surface area (Å²) in [6.07, 6.45) is 2.41. The van der Waals surface area contributed by atoms with E-state index >= 15 is 0 Å². The van der Waals surface area contributed by atoms with Gasteiger partial charge in [0.25, 0.3) is 0 Å². The van der Waals surface area contributed by atoms with Gasteiger partial charge in [0, 0.05) is 36.2 Å². The highest BCUT2D eigenvalue weighted by atomic mass is 79.9. The lowest BCUT2D eigenvalue weighted by Gasteiger charge is -2.40. The van der Waals surface area contributed by atoms with Crippen molar-refractivity contribution in [1.82, 2.24) is 14.9 Å². The molecule has 1 unspecified atom stereocenters. The lowest BCUT2D eigenvalue weighted by atomic mass is 10.0. The summed E-state index contributed by atoms with van der Waals surface area (Å²) < 4.78 is 1.15. The Labute approximate surface area is 156 Å². The van der Waals surface area contributed by atoms with Crippen molar-refractivity contribution in [3.05, 3.63) is 40.4 Å². The maximum Gasteiger partial charge on any atom is 0.223 e. The van der Waals surface area contributed by atoms with Gasteiger partial charge in [-0.05, 0) is 31.5 Å². The molecule has 6 nitrogen and oxygen atoms in total. The normalized spacial score (nSPS) is 21.4. The predicted octanol–water partition coefficient (Wildman–Crippen LogP) is 2.89. The fourth-order valence-electron chi connectivity index (χ4n) is 3.29. The van der Waals surface area contributed by atoms with Gasteiger partial charge in [-0.2, -0.15) is 9.97 Å². The second-order valence-corrected chi connectivity index (χ2v) is 7.71. The Morgan fingerprint density at radius 2 is 2.00 bits per heavy atom. The number of nitrogens with one attached hydrogen (secondary N) is 1. The molecule has 1 saturated carbocycles. The maximum absolute atomic E-state index is 5.95. The average Bonchev–Trinajstić information content (AvgIpc) is 3.39. The summed E-state index contributed by atoms with van der Waals surface area (Å²) in [5.74, 6) is 2.07. The Hall–Kier alpha value is -1.86. The topological polar surface area (TPSA) is 70.3 Å². The minimum atomic E-state index is 0.306. The molecule has 0 radical (unpaired) electrons. The molecule has 2 fully saturated rings. The number of nitrogen functional groups attached to an aromatic ring is 1. The number of piperazine rings is 1. The molecule has 25 heavy (non-hydrogen) atoms. The smallest absolute Gasteiger partial charge is 0.223 e. The number of benzene rings is 1. The minimum absolute atomic E-state index is 0.306. The number of aromatic nitrogens is 2. The van der Waals surface area contributed by atoms with Crippen molar-refractivity contribution in [1.29, 1.82) is 0 Å². The highest BCUT2D eigenvalue weighted by Crippen LogP contribution is 2.32. The van der Waals surface area contributed by atoms with Crippen LogP contribution in [0.5, 0.6) is 0 Å². The van der Waals surface area contributed by atoms with Crippen LogP contribution in [0.25, 0.3) is 0 Å². The quantitative estimate of drug-likeness (QED) is 0.818. The number of halogens is 1. The number of likely N-dealkylation sites (N-methyl/N-ethyl adjacent to an activating group) is 1. The molecule has 3 N–H and O–H groups in total. The summed E-state index contributed by atoms with van der Waals surface area (Å²) in [4.78, 5) is 13.5. The van der Waals surface area contributed by atoms with Crippen LogP contribution in [0.2, 0.25) is 0 Å². The Morgan fingerprint density at radius 3 is 2.76 bits per heavy atom. The van der Waals surface area contributed by atoms with Crippen molar-refractivity contribution in [2.24, 2.45) is 0 Å². The number of anilines is 3. The summed E-state index contributed by atoms with van der Waals surface area (Å²) in [5, 5.41) is 3.42. The summed E-state index contributed by atoms with van der Waals surface area (Å²) >= 11 is 3.69. The van der Waals surface area contributed by atoms with E-state index in [9.17, 15) is 0 Å². The number of hydrogen-bond acceptors (Lipinski definition) is 6. The van der Waals surface area contributed by atoms with Crippen LogP contribution in [0.4, 0.5) is 17.6 Å². The Bertz CT molecular complexity index is 763. The zero-order chi connectivity index (χ0) is 17.4. The van der Waals surface area contributed by atoms with Crippen molar-refractivity contribution in [3.8, 4) is 0 Å². The molecule has 1 saturated heterocycles. The second kappa shape index (κ2) is 6.80. The first-order chi connectivity index (χ1) is 12.1. The molecule has 4 rings (SSSR count). The molecule has 2 aliphatic rings. The summed E-state index contributed by atoms with van der Waals surface area (Å²) in [6, 6.07) is 11.3. The monoisotopic (exact) mass is 402 g/mol. The van der Waals surface area contributed by atoms with E-state index in [1.165, 1.54) is 18.4 Å². The van der Waals surface area contributed by atoms with Crippen LogP contribution < -0.4 is 16.0 Å². The lowest BCUT2D eigenvalue weighted by molar-refractivity contribution is 0.220. The number of nitrogens with zero attached hydrogens (tertiary/aromatic N) is 4. The largest absolute Gasteiger partial charge is 0.368 e. The van der Waals surface area contributed by atoms with Gasteiger partial charge in [-0.25, -0.2) is 0 Å². The average molecular weight is 403 g/mol. The molecule has 0 bridgehead atoms. The predicted molar refractivity (Wildman–Crippen MR) is 105 cm³/mol. The summed E-state index contributed by atoms with van der Waals surface area (Å²) in [7, 11) is 2.18. The van der Waals surface area contributed by atoms with Crippen molar-refractivity contribution in [3.63, 3.8) is 0 Å². The molecule has 0 amide bonds. The highest BCUT2D eigenvalue weighted by Gasteiger charge is 2.28.